The highest BCUT2D eigenvalue weighted by Gasteiger charge is 2.15. The minimum absolute atomic E-state index is 0.593. The number of hydrogen-bond donors (Lipinski definition) is 1. The van der Waals surface area contributed by atoms with Crippen LogP contribution in [0.5, 0.6) is 0 Å². The second kappa shape index (κ2) is 4.81. The number of rotatable bonds is 2. The Kier molecular flexibility index (Phi) is 3.40. The molecule has 0 bridgehead atoms. The van der Waals surface area contributed by atoms with Gasteiger partial charge in [0, 0.05) is 37.3 Å². The van der Waals surface area contributed by atoms with E-state index in [0.717, 1.165) is 16.8 Å². The lowest BCUT2D eigenvalue weighted by atomic mass is 9.94. The molecule has 5 heteroatoms. The number of benzene rings is 1. The Morgan fingerprint density at radius 1 is 1.41 bits per heavy atom. The zero-order chi connectivity index (χ0) is 12.4. The molecular weight excluding hydrogens is 236 g/mol. The third kappa shape index (κ3) is 2.45. The maximum Gasteiger partial charge on any atom is 0.282 e. The molecule has 17 heavy (non-hydrogen) atoms. The van der Waals surface area contributed by atoms with Crippen LogP contribution in [0.4, 0.5) is 5.69 Å². The van der Waals surface area contributed by atoms with Crippen molar-refractivity contribution in [1.82, 2.24) is 0 Å². The van der Waals surface area contributed by atoms with Crippen LogP contribution in [0.1, 0.15) is 17.5 Å². The molecule has 0 heterocycles. The van der Waals surface area contributed by atoms with E-state index in [1.165, 1.54) is 0 Å². The molecule has 0 fully saturated rings. The van der Waals surface area contributed by atoms with Crippen LogP contribution in [0.3, 0.4) is 0 Å². The van der Waals surface area contributed by atoms with Crippen molar-refractivity contribution in [2.24, 2.45) is 4.40 Å². The molecule has 1 atom stereocenters. The minimum Gasteiger partial charge on any atom is -0.377 e. The number of hydrogen-bond acceptors (Lipinski definition) is 2. The average molecular weight is 250 g/mol. The number of anilines is 1. The van der Waals surface area contributed by atoms with Gasteiger partial charge in [-0.15, -0.1) is 0 Å². The normalized spacial score (nSPS) is 17.9. The SMILES string of the molecule is CN(C)c1cccc2c1C=CCC2=NS(=O)O. The predicted molar refractivity (Wildman–Crippen MR) is 71.7 cm³/mol. The molecule has 1 aliphatic rings. The summed E-state index contributed by atoms with van der Waals surface area (Å²) in [5, 5.41) is 0. The fourth-order valence-electron chi connectivity index (χ4n) is 1.95. The second-order valence-corrected chi connectivity index (χ2v) is 4.65. The molecule has 1 aromatic carbocycles. The van der Waals surface area contributed by atoms with E-state index in [4.69, 9.17) is 4.55 Å². The van der Waals surface area contributed by atoms with Gasteiger partial charge in [0.1, 0.15) is 0 Å². The molecule has 0 aliphatic heterocycles. The summed E-state index contributed by atoms with van der Waals surface area (Å²) in [7, 11) is 3.94. The van der Waals surface area contributed by atoms with E-state index in [0.29, 0.717) is 12.1 Å². The van der Waals surface area contributed by atoms with E-state index >= 15 is 0 Å². The average Bonchev–Trinajstić information content (AvgIpc) is 2.28. The van der Waals surface area contributed by atoms with Crippen LogP contribution >= 0.6 is 0 Å². The maximum absolute atomic E-state index is 10.8. The van der Waals surface area contributed by atoms with Gasteiger partial charge in [0.15, 0.2) is 0 Å². The molecule has 90 valence electrons. The van der Waals surface area contributed by atoms with Crippen LogP contribution in [-0.4, -0.2) is 28.6 Å². The fourth-order valence-corrected chi connectivity index (χ4v) is 2.31. The van der Waals surface area contributed by atoms with E-state index in [2.05, 4.69) is 4.40 Å². The lowest BCUT2D eigenvalue weighted by molar-refractivity contribution is 0.566. The Labute approximate surface area is 103 Å². The number of fused-ring (bicyclic) bond motifs is 1. The zero-order valence-electron chi connectivity index (χ0n) is 9.75. The van der Waals surface area contributed by atoms with E-state index in [9.17, 15) is 4.21 Å². The number of nitrogens with zero attached hydrogens (tertiary/aromatic N) is 2. The summed E-state index contributed by atoms with van der Waals surface area (Å²) >= 11 is -2.15. The number of allylic oxidation sites excluding steroid dienone is 1. The molecule has 0 aromatic heterocycles. The van der Waals surface area contributed by atoms with E-state index < -0.39 is 11.3 Å². The van der Waals surface area contributed by atoms with Crippen LogP contribution in [0.15, 0.2) is 28.7 Å². The topological polar surface area (TPSA) is 52.9 Å². The molecule has 0 amide bonds. The van der Waals surface area contributed by atoms with Crippen molar-refractivity contribution in [3.63, 3.8) is 0 Å². The van der Waals surface area contributed by atoms with Gasteiger partial charge in [0.25, 0.3) is 11.3 Å². The van der Waals surface area contributed by atoms with Crippen LogP contribution in [-0.2, 0) is 11.3 Å². The first-order chi connectivity index (χ1) is 8.09. The lowest BCUT2D eigenvalue weighted by Crippen LogP contribution is -2.14. The van der Waals surface area contributed by atoms with Gasteiger partial charge < -0.3 is 4.90 Å². The lowest BCUT2D eigenvalue weighted by Gasteiger charge is -2.21. The summed E-state index contributed by atoms with van der Waals surface area (Å²) in [6.07, 6.45) is 4.58. The highest BCUT2D eigenvalue weighted by atomic mass is 32.2. The zero-order valence-corrected chi connectivity index (χ0v) is 10.6. The van der Waals surface area contributed by atoms with Gasteiger partial charge in [-0.05, 0) is 6.07 Å². The van der Waals surface area contributed by atoms with Crippen LogP contribution in [0.2, 0.25) is 0 Å². The molecule has 1 unspecified atom stereocenters. The molecule has 4 nitrogen and oxygen atoms in total. The Morgan fingerprint density at radius 2 is 2.18 bits per heavy atom. The minimum atomic E-state index is -2.15. The smallest absolute Gasteiger partial charge is 0.282 e. The van der Waals surface area contributed by atoms with Crippen LogP contribution in [0.25, 0.3) is 6.08 Å². The molecule has 0 saturated heterocycles. The first kappa shape index (κ1) is 12.0. The maximum atomic E-state index is 10.8. The van der Waals surface area contributed by atoms with Crippen LogP contribution < -0.4 is 4.90 Å². The monoisotopic (exact) mass is 250 g/mol. The summed E-state index contributed by atoms with van der Waals surface area (Å²) in [4.78, 5) is 2.02. The van der Waals surface area contributed by atoms with Crippen molar-refractivity contribution in [3.8, 4) is 0 Å². The van der Waals surface area contributed by atoms with Crippen molar-refractivity contribution in [3.05, 3.63) is 35.4 Å². The van der Waals surface area contributed by atoms with E-state index in [-0.39, 0.29) is 0 Å². The largest absolute Gasteiger partial charge is 0.377 e. The molecule has 0 radical (unpaired) electrons. The quantitative estimate of drug-likeness (QED) is 0.818. The van der Waals surface area contributed by atoms with Gasteiger partial charge >= 0.3 is 0 Å². The Balaban J connectivity index is 2.58. The van der Waals surface area contributed by atoms with Gasteiger partial charge in [-0.2, -0.15) is 4.40 Å². The molecule has 1 N–H and O–H groups in total. The summed E-state index contributed by atoms with van der Waals surface area (Å²) in [5.41, 5.74) is 3.72. The first-order valence-electron chi connectivity index (χ1n) is 5.25. The summed E-state index contributed by atoms with van der Waals surface area (Å²) in [6.45, 7) is 0. The summed E-state index contributed by atoms with van der Waals surface area (Å²) < 4.78 is 23.4. The molecule has 2 rings (SSSR count). The molecule has 0 saturated carbocycles. The van der Waals surface area contributed by atoms with Crippen molar-refractivity contribution in [1.29, 1.82) is 0 Å². The Bertz CT molecular complexity index is 521. The van der Waals surface area contributed by atoms with Gasteiger partial charge in [0.05, 0.1) is 5.71 Å². The van der Waals surface area contributed by atoms with Gasteiger partial charge in [-0.25, -0.2) is 4.21 Å². The van der Waals surface area contributed by atoms with E-state index in [1.807, 2.05) is 49.3 Å². The fraction of sp³-hybridized carbons (Fsp3) is 0.250. The van der Waals surface area contributed by atoms with Crippen molar-refractivity contribution >= 4 is 28.7 Å². The molecule has 1 aliphatic carbocycles. The van der Waals surface area contributed by atoms with Crippen molar-refractivity contribution in [2.45, 2.75) is 6.42 Å². The summed E-state index contributed by atoms with van der Waals surface area (Å²) in [5.74, 6) is 0. The van der Waals surface area contributed by atoms with Crippen LogP contribution in [0, 0.1) is 0 Å². The Morgan fingerprint density at radius 3 is 2.82 bits per heavy atom. The third-order valence-electron chi connectivity index (χ3n) is 2.66. The first-order valence-corrected chi connectivity index (χ1v) is 6.31. The second-order valence-electron chi connectivity index (χ2n) is 4.01. The molecular formula is C12H14N2O2S. The molecule has 0 spiro atoms. The van der Waals surface area contributed by atoms with Gasteiger partial charge in [0.2, 0.25) is 0 Å². The third-order valence-corrected chi connectivity index (χ3v) is 3.04. The van der Waals surface area contributed by atoms with E-state index in [1.54, 1.807) is 0 Å². The predicted octanol–water partition coefficient (Wildman–Crippen LogP) is 2.10. The molecule has 1 aromatic rings. The van der Waals surface area contributed by atoms with Gasteiger partial charge in [-0.3, -0.25) is 4.55 Å². The Hall–Kier alpha value is -1.46. The highest BCUT2D eigenvalue weighted by Crippen LogP contribution is 2.28. The van der Waals surface area contributed by atoms with Crippen molar-refractivity contribution in [2.75, 3.05) is 19.0 Å². The standard InChI is InChI=1S/C12H14N2O2S/c1-14(2)12-8-4-5-9-10(12)6-3-7-11(9)13-17(15)16/h3-6,8H,7H2,1-2H3,(H,15,16). The van der Waals surface area contributed by atoms with Crippen molar-refractivity contribution < 1.29 is 8.76 Å². The van der Waals surface area contributed by atoms with Gasteiger partial charge in [-0.1, -0.05) is 24.3 Å². The summed E-state index contributed by atoms with van der Waals surface area (Å²) in [6, 6.07) is 5.88. The highest BCUT2D eigenvalue weighted by molar-refractivity contribution is 7.78.